The maximum absolute atomic E-state index is 11.3. The molecule has 1 aromatic rings. The standard InChI is InChI=1S/C11H16N4O2/c1-11(2,3)8-7-9(15-17-8)14-10(16)13-6-4-5-12/h7H,4,6H2,1-3H3,(H2,13,14,15,16). The molecule has 6 nitrogen and oxygen atoms in total. The summed E-state index contributed by atoms with van der Waals surface area (Å²) in [6, 6.07) is 3.22. The second-order valence-electron chi connectivity index (χ2n) is 4.62. The molecule has 0 aromatic carbocycles. The Kier molecular flexibility index (Phi) is 4.10. The highest BCUT2D eigenvalue weighted by atomic mass is 16.5. The molecule has 0 atom stereocenters. The van der Waals surface area contributed by atoms with Crippen LogP contribution in [0.15, 0.2) is 10.6 Å². The van der Waals surface area contributed by atoms with Crippen molar-refractivity contribution in [2.45, 2.75) is 32.6 Å². The van der Waals surface area contributed by atoms with Gasteiger partial charge in [-0.3, -0.25) is 5.32 Å². The number of anilines is 1. The Morgan fingerprint density at radius 1 is 1.59 bits per heavy atom. The van der Waals surface area contributed by atoms with Crippen LogP contribution >= 0.6 is 0 Å². The number of urea groups is 1. The molecule has 0 bridgehead atoms. The summed E-state index contributed by atoms with van der Waals surface area (Å²) in [4.78, 5) is 11.3. The first kappa shape index (κ1) is 13.0. The third kappa shape index (κ3) is 4.15. The summed E-state index contributed by atoms with van der Waals surface area (Å²) in [7, 11) is 0. The SMILES string of the molecule is CC(C)(C)c1cc(NC(=O)NCCC#N)no1. The zero-order chi connectivity index (χ0) is 12.9. The largest absolute Gasteiger partial charge is 0.359 e. The van der Waals surface area contributed by atoms with E-state index in [1.165, 1.54) is 0 Å². The normalized spacial score (nSPS) is 10.7. The molecule has 0 fully saturated rings. The Balaban J connectivity index is 2.50. The van der Waals surface area contributed by atoms with Gasteiger partial charge in [-0.1, -0.05) is 25.9 Å². The van der Waals surface area contributed by atoms with Crippen molar-refractivity contribution in [3.05, 3.63) is 11.8 Å². The summed E-state index contributed by atoms with van der Waals surface area (Å²) in [5.74, 6) is 1.06. The quantitative estimate of drug-likeness (QED) is 0.785. The average molecular weight is 236 g/mol. The number of carbonyl (C=O) groups excluding carboxylic acids is 1. The molecule has 2 N–H and O–H groups in total. The van der Waals surface area contributed by atoms with Crippen LogP contribution in [-0.4, -0.2) is 17.7 Å². The minimum atomic E-state index is -0.394. The summed E-state index contributed by atoms with van der Waals surface area (Å²) in [6.45, 7) is 6.28. The second-order valence-corrected chi connectivity index (χ2v) is 4.62. The van der Waals surface area contributed by atoms with Gasteiger partial charge in [0.05, 0.1) is 12.5 Å². The van der Waals surface area contributed by atoms with Crippen molar-refractivity contribution in [1.82, 2.24) is 10.5 Å². The zero-order valence-electron chi connectivity index (χ0n) is 10.2. The van der Waals surface area contributed by atoms with Crippen LogP contribution in [0.2, 0.25) is 0 Å². The topological polar surface area (TPSA) is 91.0 Å². The fourth-order valence-corrected chi connectivity index (χ4v) is 1.08. The van der Waals surface area contributed by atoms with Crippen LogP contribution < -0.4 is 10.6 Å². The summed E-state index contributed by atoms with van der Waals surface area (Å²) in [6.07, 6.45) is 0.277. The number of carbonyl (C=O) groups is 1. The molecule has 2 amide bonds. The van der Waals surface area contributed by atoms with Crippen molar-refractivity contribution in [2.75, 3.05) is 11.9 Å². The van der Waals surface area contributed by atoms with E-state index in [-0.39, 0.29) is 11.8 Å². The Morgan fingerprint density at radius 2 is 2.29 bits per heavy atom. The summed E-state index contributed by atoms with van der Waals surface area (Å²) >= 11 is 0. The van der Waals surface area contributed by atoms with E-state index < -0.39 is 6.03 Å². The highest BCUT2D eigenvalue weighted by Crippen LogP contribution is 2.24. The van der Waals surface area contributed by atoms with Crippen LogP contribution in [0.4, 0.5) is 10.6 Å². The van der Waals surface area contributed by atoms with E-state index in [0.717, 1.165) is 0 Å². The molecular weight excluding hydrogens is 220 g/mol. The van der Waals surface area contributed by atoms with Gasteiger partial charge in [0.1, 0.15) is 5.76 Å². The molecule has 6 heteroatoms. The van der Waals surface area contributed by atoms with Crippen molar-refractivity contribution >= 4 is 11.8 Å². The molecule has 17 heavy (non-hydrogen) atoms. The Labute approximate surface area is 100.0 Å². The number of nitrogens with one attached hydrogen (secondary N) is 2. The van der Waals surface area contributed by atoms with Gasteiger partial charge in [0.15, 0.2) is 5.82 Å². The summed E-state index contributed by atoms with van der Waals surface area (Å²) in [5, 5.41) is 17.1. The lowest BCUT2D eigenvalue weighted by Gasteiger charge is -2.12. The molecule has 0 saturated heterocycles. The maximum atomic E-state index is 11.3. The molecule has 92 valence electrons. The van der Waals surface area contributed by atoms with Gasteiger partial charge in [-0.2, -0.15) is 5.26 Å². The van der Waals surface area contributed by atoms with Crippen LogP contribution in [0.1, 0.15) is 33.0 Å². The fraction of sp³-hybridized carbons (Fsp3) is 0.545. The monoisotopic (exact) mass is 236 g/mol. The van der Waals surface area contributed by atoms with Gasteiger partial charge in [-0.25, -0.2) is 4.79 Å². The van der Waals surface area contributed by atoms with Gasteiger partial charge in [0, 0.05) is 18.0 Å². The molecular formula is C11H16N4O2. The average Bonchev–Trinajstić information content (AvgIpc) is 2.66. The molecule has 1 heterocycles. The first-order valence-corrected chi connectivity index (χ1v) is 5.32. The number of amides is 2. The Hall–Kier alpha value is -2.03. The predicted octanol–water partition coefficient (Wildman–Crippen LogP) is 2.01. The van der Waals surface area contributed by atoms with E-state index in [1.54, 1.807) is 6.07 Å². The lowest BCUT2D eigenvalue weighted by atomic mass is 9.93. The number of rotatable bonds is 3. The molecule has 0 aliphatic rings. The number of nitriles is 1. The zero-order valence-corrected chi connectivity index (χ0v) is 10.2. The lowest BCUT2D eigenvalue weighted by molar-refractivity contribution is 0.252. The molecule has 0 saturated carbocycles. The van der Waals surface area contributed by atoms with Crippen LogP contribution in [0.25, 0.3) is 0 Å². The van der Waals surface area contributed by atoms with Crippen LogP contribution in [0.5, 0.6) is 0 Å². The minimum absolute atomic E-state index is 0.149. The van der Waals surface area contributed by atoms with E-state index in [9.17, 15) is 4.79 Å². The highest BCUT2D eigenvalue weighted by molar-refractivity contribution is 5.88. The summed E-state index contributed by atoms with van der Waals surface area (Å²) < 4.78 is 5.11. The van der Waals surface area contributed by atoms with E-state index in [0.29, 0.717) is 18.1 Å². The van der Waals surface area contributed by atoms with E-state index in [1.807, 2.05) is 26.8 Å². The van der Waals surface area contributed by atoms with Crippen LogP contribution in [-0.2, 0) is 5.41 Å². The molecule has 1 rings (SSSR count). The smallest absolute Gasteiger partial charge is 0.320 e. The third-order valence-electron chi connectivity index (χ3n) is 2.01. The number of nitrogens with zero attached hydrogens (tertiary/aromatic N) is 2. The van der Waals surface area contributed by atoms with Crippen molar-refractivity contribution in [3.8, 4) is 6.07 Å². The minimum Gasteiger partial charge on any atom is -0.359 e. The number of aromatic nitrogens is 1. The summed E-state index contributed by atoms with van der Waals surface area (Å²) in [5.41, 5.74) is -0.149. The maximum Gasteiger partial charge on any atom is 0.320 e. The Bertz CT molecular complexity index is 425. The molecule has 0 spiro atoms. The molecule has 0 radical (unpaired) electrons. The first-order valence-electron chi connectivity index (χ1n) is 5.32. The lowest BCUT2D eigenvalue weighted by Crippen LogP contribution is -2.29. The fourth-order valence-electron chi connectivity index (χ4n) is 1.08. The van der Waals surface area contributed by atoms with Gasteiger partial charge in [-0.05, 0) is 0 Å². The highest BCUT2D eigenvalue weighted by Gasteiger charge is 2.20. The van der Waals surface area contributed by atoms with Gasteiger partial charge >= 0.3 is 6.03 Å². The third-order valence-corrected chi connectivity index (χ3v) is 2.01. The molecule has 0 aliphatic heterocycles. The first-order chi connectivity index (χ1) is 7.93. The predicted molar refractivity (Wildman–Crippen MR) is 62.5 cm³/mol. The van der Waals surface area contributed by atoms with E-state index in [2.05, 4.69) is 15.8 Å². The molecule has 1 aromatic heterocycles. The van der Waals surface area contributed by atoms with E-state index in [4.69, 9.17) is 9.78 Å². The van der Waals surface area contributed by atoms with Crippen molar-refractivity contribution in [1.29, 1.82) is 5.26 Å². The van der Waals surface area contributed by atoms with E-state index >= 15 is 0 Å². The van der Waals surface area contributed by atoms with Crippen molar-refractivity contribution < 1.29 is 9.32 Å². The van der Waals surface area contributed by atoms with Crippen LogP contribution in [0, 0.1) is 11.3 Å². The van der Waals surface area contributed by atoms with Crippen molar-refractivity contribution in [3.63, 3.8) is 0 Å². The van der Waals surface area contributed by atoms with Gasteiger partial charge in [0.25, 0.3) is 0 Å². The molecule has 0 aliphatic carbocycles. The van der Waals surface area contributed by atoms with Crippen molar-refractivity contribution in [2.24, 2.45) is 0 Å². The number of hydrogen-bond donors (Lipinski definition) is 2. The molecule has 0 unspecified atom stereocenters. The van der Waals surface area contributed by atoms with Crippen LogP contribution in [0.3, 0.4) is 0 Å². The van der Waals surface area contributed by atoms with Gasteiger partial charge < -0.3 is 9.84 Å². The number of hydrogen-bond acceptors (Lipinski definition) is 4. The second kappa shape index (κ2) is 5.34. The van der Waals surface area contributed by atoms with Gasteiger partial charge in [0.2, 0.25) is 0 Å². The Morgan fingerprint density at radius 3 is 2.82 bits per heavy atom. The van der Waals surface area contributed by atoms with Gasteiger partial charge in [-0.15, -0.1) is 0 Å².